The summed E-state index contributed by atoms with van der Waals surface area (Å²) in [7, 11) is 0. The minimum Gasteiger partial charge on any atom is -0.384 e. The number of amidine groups is 1. The third-order valence-corrected chi connectivity index (χ3v) is 6.23. The van der Waals surface area contributed by atoms with Crippen molar-refractivity contribution in [3.8, 4) is 11.4 Å². The standard InChI is InChI=1S/C28H31N7OS/c1-4-34-27(37)23(24(29)35(28(34)36)18-19(2)3)26(33-22-9-6-5-7-10-22)32-17-20-11-13-21(14-12-20)25-30-15-8-16-31-25/h5-16,19H,4,17-18,29H2,1-3H3,(H,32,33). The molecular formula is C28H31N7OS. The minimum atomic E-state index is -0.208. The van der Waals surface area contributed by atoms with Crippen LogP contribution in [-0.2, 0) is 19.6 Å². The summed E-state index contributed by atoms with van der Waals surface area (Å²) in [5.74, 6) is 1.73. The van der Waals surface area contributed by atoms with Crippen LogP contribution in [0.3, 0.4) is 0 Å². The minimum absolute atomic E-state index is 0.208. The van der Waals surface area contributed by atoms with Gasteiger partial charge in [-0.2, -0.15) is 0 Å². The van der Waals surface area contributed by atoms with E-state index in [9.17, 15) is 4.79 Å². The number of nitrogens with one attached hydrogen (secondary N) is 1. The van der Waals surface area contributed by atoms with Gasteiger partial charge in [-0.05, 0) is 36.6 Å². The summed E-state index contributed by atoms with van der Waals surface area (Å²) in [5, 5.41) is 3.39. The summed E-state index contributed by atoms with van der Waals surface area (Å²) < 4.78 is 3.53. The van der Waals surface area contributed by atoms with Crippen LogP contribution < -0.4 is 16.7 Å². The molecule has 0 saturated carbocycles. The van der Waals surface area contributed by atoms with E-state index in [1.807, 2.05) is 75.4 Å². The van der Waals surface area contributed by atoms with Gasteiger partial charge in [-0.1, -0.05) is 68.5 Å². The van der Waals surface area contributed by atoms with Crippen LogP contribution in [0.15, 0.2) is 82.8 Å². The van der Waals surface area contributed by atoms with Crippen molar-refractivity contribution in [2.24, 2.45) is 10.9 Å². The molecule has 2 aromatic heterocycles. The molecule has 8 nitrogen and oxygen atoms in total. The number of hydrogen-bond acceptors (Lipinski definition) is 6. The topological polar surface area (TPSA) is 103 Å². The van der Waals surface area contributed by atoms with Crippen LogP contribution in [0.4, 0.5) is 11.5 Å². The van der Waals surface area contributed by atoms with Crippen LogP contribution >= 0.6 is 12.2 Å². The van der Waals surface area contributed by atoms with Crippen molar-refractivity contribution in [2.75, 3.05) is 11.1 Å². The molecule has 0 spiro atoms. The molecule has 0 fully saturated rings. The fourth-order valence-electron chi connectivity index (χ4n) is 3.98. The smallest absolute Gasteiger partial charge is 0.330 e. The van der Waals surface area contributed by atoms with Crippen molar-refractivity contribution in [3.05, 3.63) is 99.3 Å². The number of aromatic nitrogens is 4. The molecule has 0 aliphatic heterocycles. The van der Waals surface area contributed by atoms with Crippen LogP contribution in [0.2, 0.25) is 0 Å². The van der Waals surface area contributed by atoms with Crippen molar-refractivity contribution in [1.82, 2.24) is 19.1 Å². The second-order valence-electron chi connectivity index (χ2n) is 9.02. The van der Waals surface area contributed by atoms with E-state index in [0.717, 1.165) is 16.8 Å². The van der Waals surface area contributed by atoms with Gasteiger partial charge in [0.15, 0.2) is 5.82 Å². The summed E-state index contributed by atoms with van der Waals surface area (Å²) >= 11 is 5.77. The van der Waals surface area contributed by atoms with Crippen molar-refractivity contribution in [3.63, 3.8) is 0 Å². The van der Waals surface area contributed by atoms with E-state index in [0.29, 0.717) is 47.3 Å². The lowest BCUT2D eigenvalue weighted by Gasteiger charge is -2.20. The first-order valence-electron chi connectivity index (χ1n) is 12.2. The molecule has 3 N–H and O–H groups in total. The lowest BCUT2D eigenvalue weighted by molar-refractivity contribution is 0.486. The van der Waals surface area contributed by atoms with Gasteiger partial charge in [0, 0.05) is 36.7 Å². The number of aliphatic imine (C=N–C) groups is 1. The van der Waals surface area contributed by atoms with Gasteiger partial charge in [-0.3, -0.25) is 14.1 Å². The predicted molar refractivity (Wildman–Crippen MR) is 152 cm³/mol. The zero-order valence-corrected chi connectivity index (χ0v) is 22.1. The number of hydrogen-bond donors (Lipinski definition) is 2. The largest absolute Gasteiger partial charge is 0.384 e. The highest BCUT2D eigenvalue weighted by atomic mass is 32.1. The lowest BCUT2D eigenvalue weighted by atomic mass is 10.1. The van der Waals surface area contributed by atoms with Crippen molar-refractivity contribution in [1.29, 1.82) is 0 Å². The fourth-order valence-corrected chi connectivity index (χ4v) is 4.38. The zero-order chi connectivity index (χ0) is 26.4. The van der Waals surface area contributed by atoms with Crippen LogP contribution in [0.25, 0.3) is 11.4 Å². The van der Waals surface area contributed by atoms with Gasteiger partial charge in [0.25, 0.3) is 0 Å². The molecule has 2 heterocycles. The molecule has 2 aromatic carbocycles. The molecule has 9 heteroatoms. The Morgan fingerprint density at radius 1 is 1.03 bits per heavy atom. The Hall–Kier alpha value is -4.11. The third-order valence-electron chi connectivity index (χ3n) is 5.80. The first kappa shape index (κ1) is 26.0. The number of anilines is 2. The molecule has 0 radical (unpaired) electrons. The predicted octanol–water partition coefficient (Wildman–Crippen LogP) is 5.15. The average Bonchev–Trinajstić information content (AvgIpc) is 2.91. The molecule has 0 aliphatic rings. The fraction of sp³-hybridized carbons (Fsp3) is 0.250. The van der Waals surface area contributed by atoms with Crippen molar-refractivity contribution in [2.45, 2.75) is 40.4 Å². The van der Waals surface area contributed by atoms with E-state index in [-0.39, 0.29) is 11.6 Å². The molecular weight excluding hydrogens is 482 g/mol. The molecule has 4 rings (SSSR count). The van der Waals surface area contributed by atoms with E-state index in [2.05, 4.69) is 15.3 Å². The quantitative estimate of drug-likeness (QED) is 0.192. The SMILES string of the molecule is CCn1c(=S)c(C(=NCc2ccc(-c3ncccn3)cc2)Nc2ccccc2)c(N)n(CC(C)C)c1=O. The first-order valence-corrected chi connectivity index (χ1v) is 12.7. The summed E-state index contributed by atoms with van der Waals surface area (Å²) in [6.45, 7) is 7.29. The molecule has 0 atom stereocenters. The highest BCUT2D eigenvalue weighted by molar-refractivity contribution is 7.71. The van der Waals surface area contributed by atoms with E-state index < -0.39 is 0 Å². The van der Waals surface area contributed by atoms with Gasteiger partial charge < -0.3 is 11.1 Å². The van der Waals surface area contributed by atoms with Gasteiger partial charge in [0.05, 0.1) is 12.1 Å². The van der Waals surface area contributed by atoms with Crippen molar-refractivity contribution < 1.29 is 0 Å². The second-order valence-corrected chi connectivity index (χ2v) is 9.41. The summed E-state index contributed by atoms with van der Waals surface area (Å²) in [6, 6.07) is 19.5. The van der Waals surface area contributed by atoms with Gasteiger partial charge in [-0.25, -0.2) is 14.8 Å². The first-order chi connectivity index (χ1) is 17.9. The van der Waals surface area contributed by atoms with E-state index in [4.69, 9.17) is 22.9 Å². The molecule has 0 saturated heterocycles. The Morgan fingerprint density at radius 3 is 2.32 bits per heavy atom. The number of benzene rings is 2. The Kier molecular flexibility index (Phi) is 8.25. The van der Waals surface area contributed by atoms with Crippen LogP contribution in [0, 0.1) is 10.6 Å². The second kappa shape index (κ2) is 11.7. The highest BCUT2D eigenvalue weighted by Crippen LogP contribution is 2.19. The number of para-hydroxylation sites is 1. The van der Waals surface area contributed by atoms with Gasteiger partial charge in [0.1, 0.15) is 16.3 Å². The normalized spacial score (nSPS) is 11.6. The van der Waals surface area contributed by atoms with E-state index in [1.165, 1.54) is 0 Å². The van der Waals surface area contributed by atoms with Crippen LogP contribution in [-0.4, -0.2) is 24.9 Å². The summed E-state index contributed by atoms with van der Waals surface area (Å²) in [6.07, 6.45) is 3.44. The Morgan fingerprint density at radius 2 is 1.70 bits per heavy atom. The van der Waals surface area contributed by atoms with Crippen LogP contribution in [0.5, 0.6) is 0 Å². The Bertz CT molecular complexity index is 1490. The molecule has 0 unspecified atom stereocenters. The number of nitrogens with zero attached hydrogens (tertiary/aromatic N) is 5. The lowest BCUT2D eigenvalue weighted by Crippen LogP contribution is -2.37. The van der Waals surface area contributed by atoms with E-state index >= 15 is 0 Å². The highest BCUT2D eigenvalue weighted by Gasteiger charge is 2.19. The third kappa shape index (κ3) is 6.00. The van der Waals surface area contributed by atoms with E-state index in [1.54, 1.807) is 27.6 Å². The molecule has 37 heavy (non-hydrogen) atoms. The van der Waals surface area contributed by atoms with Gasteiger partial charge >= 0.3 is 5.69 Å². The van der Waals surface area contributed by atoms with Gasteiger partial charge in [0.2, 0.25) is 0 Å². The molecule has 0 amide bonds. The number of rotatable bonds is 8. The number of nitrogens with two attached hydrogens (primary N) is 1. The van der Waals surface area contributed by atoms with Gasteiger partial charge in [-0.15, -0.1) is 0 Å². The summed E-state index contributed by atoms with van der Waals surface area (Å²) in [5.41, 5.74) is 9.72. The average molecular weight is 514 g/mol. The molecule has 0 aliphatic carbocycles. The Labute approximate surface area is 221 Å². The number of nitrogen functional groups attached to an aromatic ring is 1. The maximum atomic E-state index is 13.1. The molecule has 190 valence electrons. The molecule has 4 aromatic rings. The Balaban J connectivity index is 1.78. The maximum absolute atomic E-state index is 13.1. The van der Waals surface area contributed by atoms with Crippen molar-refractivity contribution >= 4 is 29.6 Å². The summed E-state index contributed by atoms with van der Waals surface area (Å²) in [4.78, 5) is 26.7. The maximum Gasteiger partial charge on any atom is 0.330 e. The monoisotopic (exact) mass is 513 g/mol. The molecule has 0 bridgehead atoms. The zero-order valence-electron chi connectivity index (χ0n) is 21.3. The van der Waals surface area contributed by atoms with Crippen LogP contribution in [0.1, 0.15) is 31.9 Å².